The number of aliphatic hydroxyl groups excluding tert-OH is 1. The summed E-state index contributed by atoms with van der Waals surface area (Å²) in [4.78, 5) is 14.1. The second-order valence-corrected chi connectivity index (χ2v) is 6.26. The number of aliphatic hydroxyl groups is 1. The zero-order chi connectivity index (χ0) is 16.9. The topological polar surface area (TPSA) is 49.8 Å². The highest BCUT2D eigenvalue weighted by atomic mass is 16.5. The Bertz CT molecular complexity index is 620. The van der Waals surface area contributed by atoms with Crippen molar-refractivity contribution in [2.24, 2.45) is 0 Å². The molecule has 4 nitrogen and oxygen atoms in total. The van der Waals surface area contributed by atoms with Gasteiger partial charge in [0.2, 0.25) is 0 Å². The van der Waals surface area contributed by atoms with Crippen molar-refractivity contribution < 1.29 is 14.6 Å². The molecule has 0 radical (unpaired) electrons. The normalized spacial score (nSPS) is 21.1. The van der Waals surface area contributed by atoms with Gasteiger partial charge in [0.1, 0.15) is 6.04 Å². The van der Waals surface area contributed by atoms with Crippen LogP contribution in [0.3, 0.4) is 0 Å². The summed E-state index contributed by atoms with van der Waals surface area (Å²) in [6, 6.07) is 20.2. The van der Waals surface area contributed by atoms with Crippen LogP contribution in [-0.4, -0.2) is 48.3 Å². The molecular formula is C20H23NO3. The fourth-order valence-corrected chi connectivity index (χ4v) is 3.47. The van der Waals surface area contributed by atoms with E-state index in [1.54, 1.807) is 0 Å². The van der Waals surface area contributed by atoms with Gasteiger partial charge >= 0.3 is 5.97 Å². The molecule has 3 rings (SSSR count). The van der Waals surface area contributed by atoms with Gasteiger partial charge in [-0.15, -0.1) is 0 Å². The largest absolute Gasteiger partial charge is 0.468 e. The molecule has 0 aliphatic carbocycles. The van der Waals surface area contributed by atoms with E-state index in [2.05, 4.69) is 24.3 Å². The van der Waals surface area contributed by atoms with Crippen LogP contribution >= 0.6 is 0 Å². The molecular weight excluding hydrogens is 302 g/mol. The molecule has 0 bridgehead atoms. The SMILES string of the molecule is COC(=O)[C@@H]1C[C@H](O)CN1CC(c1ccccc1)c1ccccc1. The fourth-order valence-electron chi connectivity index (χ4n) is 3.47. The number of esters is 1. The van der Waals surface area contributed by atoms with Gasteiger partial charge in [0.05, 0.1) is 13.2 Å². The van der Waals surface area contributed by atoms with Crippen LogP contribution in [0, 0.1) is 0 Å². The van der Waals surface area contributed by atoms with E-state index in [-0.39, 0.29) is 17.9 Å². The van der Waals surface area contributed by atoms with Gasteiger partial charge in [-0.05, 0) is 11.1 Å². The van der Waals surface area contributed by atoms with Crippen molar-refractivity contribution in [2.75, 3.05) is 20.2 Å². The summed E-state index contributed by atoms with van der Waals surface area (Å²) in [7, 11) is 1.40. The Morgan fingerprint density at radius 1 is 1.12 bits per heavy atom. The summed E-state index contributed by atoms with van der Waals surface area (Å²) in [6.07, 6.45) is -0.0514. The number of hydrogen-bond donors (Lipinski definition) is 1. The maximum atomic E-state index is 12.0. The molecule has 126 valence electrons. The summed E-state index contributed by atoms with van der Waals surface area (Å²) in [5.41, 5.74) is 2.41. The summed E-state index contributed by atoms with van der Waals surface area (Å²) in [6.45, 7) is 1.17. The third-order valence-electron chi connectivity index (χ3n) is 4.68. The third kappa shape index (κ3) is 3.66. The van der Waals surface area contributed by atoms with E-state index in [9.17, 15) is 9.90 Å². The molecule has 0 saturated carbocycles. The monoisotopic (exact) mass is 325 g/mol. The zero-order valence-electron chi connectivity index (χ0n) is 13.8. The molecule has 0 aromatic heterocycles. The molecule has 1 N–H and O–H groups in total. The Kier molecular flexibility index (Phi) is 5.28. The molecule has 0 unspecified atom stereocenters. The first-order chi connectivity index (χ1) is 11.7. The molecule has 0 amide bonds. The Labute approximate surface area is 142 Å². The van der Waals surface area contributed by atoms with Gasteiger partial charge in [-0.2, -0.15) is 0 Å². The highest BCUT2D eigenvalue weighted by Gasteiger charge is 2.38. The van der Waals surface area contributed by atoms with Gasteiger partial charge in [-0.1, -0.05) is 60.7 Å². The molecule has 1 aliphatic heterocycles. The van der Waals surface area contributed by atoms with Crippen LogP contribution in [0.5, 0.6) is 0 Å². The minimum atomic E-state index is -0.485. The summed E-state index contributed by atoms with van der Waals surface area (Å²) >= 11 is 0. The first kappa shape index (κ1) is 16.7. The molecule has 2 aromatic carbocycles. The summed E-state index contributed by atoms with van der Waals surface area (Å²) in [5, 5.41) is 10.0. The molecule has 24 heavy (non-hydrogen) atoms. The summed E-state index contributed by atoms with van der Waals surface area (Å²) in [5.74, 6) is -0.128. The molecule has 0 spiro atoms. The van der Waals surface area contributed by atoms with E-state index in [0.29, 0.717) is 19.5 Å². The number of methoxy groups -OCH3 is 1. The quantitative estimate of drug-likeness (QED) is 0.858. The zero-order valence-corrected chi connectivity index (χ0v) is 13.8. The number of carbonyl (C=O) groups excluding carboxylic acids is 1. The maximum Gasteiger partial charge on any atom is 0.323 e. The standard InChI is InChI=1S/C20H23NO3/c1-24-20(23)19-12-17(22)13-21(19)14-18(15-8-4-2-5-9-15)16-10-6-3-7-11-16/h2-11,17-19,22H,12-14H2,1H3/t17-,19-/m0/s1. The van der Waals surface area contributed by atoms with E-state index in [1.807, 2.05) is 41.3 Å². The predicted molar refractivity (Wildman–Crippen MR) is 92.7 cm³/mol. The van der Waals surface area contributed by atoms with Crippen LogP contribution < -0.4 is 0 Å². The van der Waals surface area contributed by atoms with E-state index < -0.39 is 6.10 Å². The van der Waals surface area contributed by atoms with E-state index in [4.69, 9.17) is 4.74 Å². The van der Waals surface area contributed by atoms with Crippen LogP contribution in [-0.2, 0) is 9.53 Å². The van der Waals surface area contributed by atoms with Crippen molar-refractivity contribution in [3.8, 4) is 0 Å². The third-order valence-corrected chi connectivity index (χ3v) is 4.68. The molecule has 1 aliphatic rings. The second kappa shape index (κ2) is 7.60. The van der Waals surface area contributed by atoms with E-state index in [1.165, 1.54) is 18.2 Å². The number of benzene rings is 2. The fraction of sp³-hybridized carbons (Fsp3) is 0.350. The van der Waals surface area contributed by atoms with Crippen molar-refractivity contribution in [2.45, 2.75) is 24.5 Å². The average molecular weight is 325 g/mol. The van der Waals surface area contributed by atoms with Crippen molar-refractivity contribution in [1.82, 2.24) is 4.90 Å². The second-order valence-electron chi connectivity index (χ2n) is 6.26. The van der Waals surface area contributed by atoms with E-state index in [0.717, 1.165) is 0 Å². The number of nitrogens with zero attached hydrogens (tertiary/aromatic N) is 1. The molecule has 2 atom stereocenters. The Morgan fingerprint density at radius 2 is 1.67 bits per heavy atom. The van der Waals surface area contributed by atoms with Gasteiger partial charge in [0, 0.05) is 25.4 Å². The molecule has 4 heteroatoms. The van der Waals surface area contributed by atoms with Gasteiger partial charge in [-0.3, -0.25) is 9.69 Å². The van der Waals surface area contributed by atoms with Gasteiger partial charge in [0.25, 0.3) is 0 Å². The van der Waals surface area contributed by atoms with Crippen LogP contribution in [0.2, 0.25) is 0 Å². The minimum Gasteiger partial charge on any atom is -0.468 e. The number of hydrogen-bond acceptors (Lipinski definition) is 4. The van der Waals surface area contributed by atoms with Crippen LogP contribution in [0.4, 0.5) is 0 Å². The number of likely N-dealkylation sites (tertiary alicyclic amines) is 1. The summed E-state index contributed by atoms with van der Waals surface area (Å²) < 4.78 is 4.91. The van der Waals surface area contributed by atoms with Crippen LogP contribution in [0.25, 0.3) is 0 Å². The van der Waals surface area contributed by atoms with Gasteiger partial charge < -0.3 is 9.84 Å². The molecule has 1 fully saturated rings. The maximum absolute atomic E-state index is 12.0. The highest BCUT2D eigenvalue weighted by molar-refractivity contribution is 5.76. The lowest BCUT2D eigenvalue weighted by atomic mass is 9.90. The number of carbonyl (C=O) groups is 1. The Morgan fingerprint density at radius 3 is 2.17 bits per heavy atom. The van der Waals surface area contributed by atoms with Crippen molar-refractivity contribution >= 4 is 5.97 Å². The Hall–Kier alpha value is -2.17. The van der Waals surface area contributed by atoms with Crippen molar-refractivity contribution in [3.05, 3.63) is 71.8 Å². The van der Waals surface area contributed by atoms with Crippen molar-refractivity contribution in [3.63, 3.8) is 0 Å². The molecule has 2 aromatic rings. The molecule has 1 heterocycles. The first-order valence-electron chi connectivity index (χ1n) is 8.29. The minimum absolute atomic E-state index is 0.143. The van der Waals surface area contributed by atoms with Crippen LogP contribution in [0.15, 0.2) is 60.7 Å². The average Bonchev–Trinajstić information content (AvgIpc) is 3.01. The first-order valence-corrected chi connectivity index (χ1v) is 8.29. The number of ether oxygens (including phenoxy) is 1. The van der Waals surface area contributed by atoms with Gasteiger partial charge in [0.15, 0.2) is 0 Å². The highest BCUT2D eigenvalue weighted by Crippen LogP contribution is 2.29. The van der Waals surface area contributed by atoms with Crippen molar-refractivity contribution in [1.29, 1.82) is 0 Å². The van der Waals surface area contributed by atoms with E-state index >= 15 is 0 Å². The lowest BCUT2D eigenvalue weighted by Gasteiger charge is -2.28. The number of rotatable bonds is 5. The lowest BCUT2D eigenvalue weighted by molar-refractivity contribution is -0.145. The smallest absolute Gasteiger partial charge is 0.323 e. The van der Waals surface area contributed by atoms with Crippen LogP contribution in [0.1, 0.15) is 23.5 Å². The van der Waals surface area contributed by atoms with Gasteiger partial charge in [-0.25, -0.2) is 0 Å². The predicted octanol–water partition coefficient (Wildman–Crippen LogP) is 2.43. The Balaban J connectivity index is 1.88. The number of β-amino-alcohol motifs (C(OH)–C–C–N with tert-alkyl or cyclic N) is 1. The molecule has 1 saturated heterocycles. The lowest BCUT2D eigenvalue weighted by Crippen LogP contribution is -2.39.